The molecule has 1 amide bonds. The van der Waals surface area contributed by atoms with Gasteiger partial charge in [0.25, 0.3) is 0 Å². The molecule has 0 saturated carbocycles. The molecule has 138 valence electrons. The minimum Gasteiger partial charge on any atom is -0.487 e. The van der Waals surface area contributed by atoms with Crippen molar-refractivity contribution in [1.82, 2.24) is 10.3 Å². The molecule has 1 aromatic heterocycles. The van der Waals surface area contributed by atoms with Crippen molar-refractivity contribution in [2.45, 2.75) is 32.4 Å². The molecule has 0 saturated heterocycles. The number of halogens is 2. The second kappa shape index (κ2) is 12.5. The van der Waals surface area contributed by atoms with Crippen LogP contribution in [0.5, 0.6) is 5.75 Å². The van der Waals surface area contributed by atoms with Gasteiger partial charge in [0.1, 0.15) is 12.4 Å². The van der Waals surface area contributed by atoms with Crippen LogP contribution in [0.4, 0.5) is 0 Å². The molecule has 25 heavy (non-hydrogen) atoms. The molecule has 1 aromatic carbocycles. The van der Waals surface area contributed by atoms with Crippen molar-refractivity contribution in [3.8, 4) is 5.75 Å². The minimum atomic E-state index is -0.0707. The molecule has 1 heterocycles. The summed E-state index contributed by atoms with van der Waals surface area (Å²) in [5, 5.41) is 2.97. The highest BCUT2D eigenvalue weighted by Crippen LogP contribution is 2.20. The summed E-state index contributed by atoms with van der Waals surface area (Å²) in [7, 11) is 0. The van der Waals surface area contributed by atoms with Gasteiger partial charge >= 0.3 is 0 Å². The van der Waals surface area contributed by atoms with Gasteiger partial charge in [-0.05, 0) is 49.7 Å². The van der Waals surface area contributed by atoms with E-state index in [4.69, 9.17) is 10.5 Å². The SMILES string of the molecule is CC(NC(=O)CCCN)c1cccc(OCc2ccccn2)c1.Cl.Cl. The van der Waals surface area contributed by atoms with Gasteiger partial charge in [0.15, 0.2) is 0 Å². The third-order valence-electron chi connectivity index (χ3n) is 3.46. The molecule has 0 radical (unpaired) electrons. The Hall–Kier alpha value is -1.82. The summed E-state index contributed by atoms with van der Waals surface area (Å²) in [5.74, 6) is 0.777. The topological polar surface area (TPSA) is 77.2 Å². The van der Waals surface area contributed by atoms with Crippen LogP contribution in [0.25, 0.3) is 0 Å². The van der Waals surface area contributed by atoms with E-state index in [1.165, 1.54) is 0 Å². The van der Waals surface area contributed by atoms with E-state index in [2.05, 4.69) is 10.3 Å². The van der Waals surface area contributed by atoms with E-state index in [0.29, 0.717) is 26.0 Å². The maximum atomic E-state index is 11.8. The molecule has 0 fully saturated rings. The molecule has 1 unspecified atom stereocenters. The highest BCUT2D eigenvalue weighted by Gasteiger charge is 2.10. The molecule has 2 aromatic rings. The van der Waals surface area contributed by atoms with Crippen LogP contribution in [-0.2, 0) is 11.4 Å². The number of hydrogen-bond acceptors (Lipinski definition) is 4. The van der Waals surface area contributed by atoms with Crippen LogP contribution in [0.2, 0.25) is 0 Å². The molecular formula is C18H25Cl2N3O2. The van der Waals surface area contributed by atoms with Crippen LogP contribution in [0.15, 0.2) is 48.7 Å². The van der Waals surface area contributed by atoms with E-state index in [0.717, 1.165) is 17.0 Å². The smallest absolute Gasteiger partial charge is 0.220 e. The fourth-order valence-corrected chi connectivity index (χ4v) is 2.17. The highest BCUT2D eigenvalue weighted by molar-refractivity contribution is 5.85. The van der Waals surface area contributed by atoms with Crippen molar-refractivity contribution < 1.29 is 9.53 Å². The van der Waals surface area contributed by atoms with Crippen LogP contribution < -0.4 is 15.8 Å². The fourth-order valence-electron chi connectivity index (χ4n) is 2.17. The molecule has 7 heteroatoms. The zero-order valence-corrected chi connectivity index (χ0v) is 15.8. The Morgan fingerprint density at radius 1 is 1.24 bits per heavy atom. The Morgan fingerprint density at radius 2 is 2.04 bits per heavy atom. The van der Waals surface area contributed by atoms with Gasteiger partial charge in [0, 0.05) is 12.6 Å². The summed E-state index contributed by atoms with van der Waals surface area (Å²) in [6.07, 6.45) is 2.90. The Labute approximate surface area is 161 Å². The van der Waals surface area contributed by atoms with Crippen LogP contribution >= 0.6 is 24.8 Å². The predicted molar refractivity (Wildman–Crippen MR) is 104 cm³/mol. The molecule has 0 spiro atoms. The Morgan fingerprint density at radius 3 is 2.72 bits per heavy atom. The van der Waals surface area contributed by atoms with Crippen LogP contribution in [0, 0.1) is 0 Å². The number of ether oxygens (including phenoxy) is 1. The average Bonchev–Trinajstić information content (AvgIpc) is 2.59. The Bertz CT molecular complexity index is 627. The number of hydrogen-bond donors (Lipinski definition) is 2. The zero-order chi connectivity index (χ0) is 16.5. The molecule has 2 rings (SSSR count). The van der Waals surface area contributed by atoms with Gasteiger partial charge in [-0.3, -0.25) is 9.78 Å². The third kappa shape index (κ3) is 8.20. The lowest BCUT2D eigenvalue weighted by Crippen LogP contribution is -2.26. The van der Waals surface area contributed by atoms with Gasteiger partial charge in [0.05, 0.1) is 11.7 Å². The zero-order valence-electron chi connectivity index (χ0n) is 14.2. The lowest BCUT2D eigenvalue weighted by Gasteiger charge is -2.15. The number of carbonyl (C=O) groups excluding carboxylic acids is 1. The second-order valence-corrected chi connectivity index (χ2v) is 5.36. The van der Waals surface area contributed by atoms with Crippen molar-refractivity contribution >= 4 is 30.7 Å². The summed E-state index contributed by atoms with van der Waals surface area (Å²) in [5.41, 5.74) is 7.30. The molecule has 0 aliphatic rings. The molecule has 1 atom stereocenters. The molecule has 0 aliphatic carbocycles. The highest BCUT2D eigenvalue weighted by atomic mass is 35.5. The summed E-state index contributed by atoms with van der Waals surface area (Å²) in [6, 6.07) is 13.4. The number of nitrogens with two attached hydrogens (primary N) is 1. The monoisotopic (exact) mass is 385 g/mol. The Balaban J connectivity index is 0.00000288. The molecule has 5 nitrogen and oxygen atoms in total. The second-order valence-electron chi connectivity index (χ2n) is 5.36. The van der Waals surface area contributed by atoms with Crippen molar-refractivity contribution in [1.29, 1.82) is 0 Å². The van der Waals surface area contributed by atoms with Gasteiger partial charge in [-0.25, -0.2) is 0 Å². The number of rotatable bonds is 8. The number of nitrogens with one attached hydrogen (secondary N) is 1. The van der Waals surface area contributed by atoms with Crippen molar-refractivity contribution in [2.24, 2.45) is 5.73 Å². The van der Waals surface area contributed by atoms with Crippen molar-refractivity contribution in [3.63, 3.8) is 0 Å². The first-order valence-corrected chi connectivity index (χ1v) is 7.81. The first kappa shape index (κ1) is 23.2. The van der Waals surface area contributed by atoms with E-state index in [9.17, 15) is 4.79 Å². The summed E-state index contributed by atoms with van der Waals surface area (Å²) >= 11 is 0. The summed E-state index contributed by atoms with van der Waals surface area (Å²) in [4.78, 5) is 16.0. The Kier molecular flexibility index (Phi) is 11.6. The quantitative estimate of drug-likeness (QED) is 0.729. The van der Waals surface area contributed by atoms with Gasteiger partial charge in [-0.2, -0.15) is 0 Å². The van der Waals surface area contributed by atoms with E-state index in [1.54, 1.807) is 6.20 Å². The normalized spacial score (nSPS) is 10.8. The van der Waals surface area contributed by atoms with Crippen LogP contribution in [0.3, 0.4) is 0 Å². The van der Waals surface area contributed by atoms with E-state index < -0.39 is 0 Å². The fraction of sp³-hybridized carbons (Fsp3) is 0.333. The summed E-state index contributed by atoms with van der Waals surface area (Å²) < 4.78 is 5.76. The maximum Gasteiger partial charge on any atom is 0.220 e. The standard InChI is InChI=1S/C18H23N3O2.2ClH/c1-14(21-18(22)9-5-10-19)15-6-4-8-17(12-15)23-13-16-7-2-3-11-20-16;;/h2-4,6-8,11-12,14H,5,9-10,13,19H2,1H3,(H,21,22);2*1H. The van der Waals surface area contributed by atoms with Gasteiger partial charge in [-0.1, -0.05) is 18.2 Å². The predicted octanol–water partition coefficient (Wildman–Crippen LogP) is 3.42. The first-order valence-electron chi connectivity index (χ1n) is 7.81. The van der Waals surface area contributed by atoms with Crippen LogP contribution in [-0.4, -0.2) is 17.4 Å². The number of amides is 1. The molecule has 0 aliphatic heterocycles. The van der Waals surface area contributed by atoms with E-state index in [1.807, 2.05) is 49.4 Å². The van der Waals surface area contributed by atoms with Crippen LogP contribution in [0.1, 0.15) is 37.1 Å². The first-order chi connectivity index (χ1) is 11.2. The number of pyridine rings is 1. The van der Waals surface area contributed by atoms with E-state index >= 15 is 0 Å². The van der Waals surface area contributed by atoms with Crippen molar-refractivity contribution in [3.05, 3.63) is 59.9 Å². The largest absolute Gasteiger partial charge is 0.487 e. The van der Waals surface area contributed by atoms with Crippen molar-refractivity contribution in [2.75, 3.05) is 6.54 Å². The van der Waals surface area contributed by atoms with Gasteiger partial charge in [0.2, 0.25) is 5.91 Å². The number of benzene rings is 1. The van der Waals surface area contributed by atoms with Gasteiger partial charge < -0.3 is 15.8 Å². The summed E-state index contributed by atoms with van der Waals surface area (Å²) in [6.45, 7) is 2.90. The maximum absolute atomic E-state index is 11.8. The lowest BCUT2D eigenvalue weighted by atomic mass is 10.1. The molecule has 3 N–H and O–H groups in total. The molecule has 0 bridgehead atoms. The van der Waals surface area contributed by atoms with E-state index in [-0.39, 0.29) is 36.8 Å². The number of carbonyl (C=O) groups is 1. The average molecular weight is 386 g/mol. The number of aromatic nitrogens is 1. The molecular weight excluding hydrogens is 361 g/mol. The minimum absolute atomic E-state index is 0. The van der Waals surface area contributed by atoms with Gasteiger partial charge in [-0.15, -0.1) is 24.8 Å². The lowest BCUT2D eigenvalue weighted by molar-refractivity contribution is -0.121. The number of nitrogens with zero attached hydrogens (tertiary/aromatic N) is 1. The third-order valence-corrected chi connectivity index (χ3v) is 3.46.